The molecule has 1 amide bonds. The van der Waals surface area contributed by atoms with E-state index in [9.17, 15) is 4.79 Å². The third-order valence-electron chi connectivity index (χ3n) is 3.23. The number of carbonyl (C=O) groups is 1. The van der Waals surface area contributed by atoms with Crippen molar-refractivity contribution in [3.63, 3.8) is 0 Å². The van der Waals surface area contributed by atoms with Crippen LogP contribution >= 0.6 is 11.3 Å². The van der Waals surface area contributed by atoms with Gasteiger partial charge in [-0.2, -0.15) is 0 Å². The molecule has 2 heterocycles. The molecule has 3 rings (SSSR count). The standard InChI is InChI=1S/C14H15N2O2S.Mn/c1-9-6-16(7-10(2)18-9)14(17)11-3-4-13-12(5-11)15-8-19-13;/h3-5,9-10H,6-7H2,1-2H3;/q-1;. The van der Waals surface area contributed by atoms with Crippen LogP contribution in [0.4, 0.5) is 0 Å². The summed E-state index contributed by atoms with van der Waals surface area (Å²) in [7, 11) is 0. The molecule has 0 bridgehead atoms. The molecule has 2 aromatic rings. The first-order valence-corrected chi connectivity index (χ1v) is 7.16. The summed E-state index contributed by atoms with van der Waals surface area (Å²) in [5.41, 5.74) is 4.37. The summed E-state index contributed by atoms with van der Waals surface area (Å²) in [5.74, 6) is 0.0527. The first-order chi connectivity index (χ1) is 9.13. The maximum atomic E-state index is 12.5. The van der Waals surface area contributed by atoms with Gasteiger partial charge in [-0.15, -0.1) is 10.8 Å². The van der Waals surface area contributed by atoms with Gasteiger partial charge in [0.15, 0.2) is 0 Å². The summed E-state index contributed by atoms with van der Waals surface area (Å²) in [4.78, 5) is 18.5. The van der Waals surface area contributed by atoms with Gasteiger partial charge >= 0.3 is 0 Å². The Hall–Kier alpha value is -0.941. The normalized spacial score (nSPS) is 22.6. The van der Waals surface area contributed by atoms with Crippen molar-refractivity contribution >= 4 is 27.5 Å². The number of thiazole rings is 1. The fourth-order valence-corrected chi connectivity index (χ4v) is 3.06. The SMILES string of the molecule is CC1CN(C(=O)c2ccc3s[c-]nc3c2)CC(C)O1.[Mn]. The van der Waals surface area contributed by atoms with E-state index in [1.54, 1.807) is 0 Å². The van der Waals surface area contributed by atoms with Gasteiger partial charge in [-0.3, -0.25) is 16.1 Å². The number of carbonyl (C=O) groups excluding carboxylic acids is 1. The number of fused-ring (bicyclic) bond motifs is 1. The smallest absolute Gasteiger partial charge is 0.252 e. The van der Waals surface area contributed by atoms with Gasteiger partial charge in [-0.1, -0.05) is 17.6 Å². The Labute approximate surface area is 132 Å². The molecule has 1 radical (unpaired) electrons. The molecule has 20 heavy (non-hydrogen) atoms. The second kappa shape index (κ2) is 6.22. The topological polar surface area (TPSA) is 42.4 Å². The predicted molar refractivity (Wildman–Crippen MR) is 74.4 cm³/mol. The molecule has 1 aromatic heterocycles. The minimum atomic E-state index is 0. The Kier molecular flexibility index (Phi) is 4.81. The second-order valence-electron chi connectivity index (χ2n) is 4.96. The number of benzene rings is 1. The summed E-state index contributed by atoms with van der Waals surface area (Å²) >= 11 is 1.46. The molecule has 6 heteroatoms. The molecule has 1 aromatic carbocycles. The Morgan fingerprint density at radius 2 is 2.10 bits per heavy atom. The van der Waals surface area contributed by atoms with Crippen LogP contribution < -0.4 is 0 Å². The zero-order valence-electron chi connectivity index (χ0n) is 11.3. The molecule has 1 aliphatic heterocycles. The Morgan fingerprint density at radius 3 is 2.80 bits per heavy atom. The number of aromatic nitrogens is 1. The van der Waals surface area contributed by atoms with Crippen molar-refractivity contribution in [3.8, 4) is 0 Å². The summed E-state index contributed by atoms with van der Waals surface area (Å²) in [6.07, 6.45) is 0.174. The van der Waals surface area contributed by atoms with Gasteiger partial charge < -0.3 is 14.6 Å². The van der Waals surface area contributed by atoms with E-state index < -0.39 is 0 Å². The Balaban J connectivity index is 0.00000147. The number of morpholine rings is 1. The average Bonchev–Trinajstić information content (AvgIpc) is 2.83. The van der Waals surface area contributed by atoms with E-state index in [1.165, 1.54) is 11.3 Å². The molecule has 1 aliphatic rings. The quantitative estimate of drug-likeness (QED) is 0.595. The largest absolute Gasteiger partial charge is 0.386 e. The van der Waals surface area contributed by atoms with Gasteiger partial charge in [-0.25, -0.2) is 0 Å². The number of nitrogens with zero attached hydrogens (tertiary/aromatic N) is 2. The summed E-state index contributed by atoms with van der Waals surface area (Å²) in [6.45, 7) is 5.28. The molecule has 107 valence electrons. The van der Waals surface area contributed by atoms with E-state index in [4.69, 9.17) is 4.74 Å². The van der Waals surface area contributed by atoms with E-state index in [0.29, 0.717) is 18.7 Å². The third kappa shape index (κ3) is 3.04. The van der Waals surface area contributed by atoms with E-state index >= 15 is 0 Å². The van der Waals surface area contributed by atoms with Gasteiger partial charge in [-0.05, 0) is 19.4 Å². The monoisotopic (exact) mass is 330 g/mol. The van der Waals surface area contributed by atoms with E-state index in [2.05, 4.69) is 10.5 Å². The third-order valence-corrected chi connectivity index (χ3v) is 3.98. The molecule has 0 aliphatic carbocycles. The van der Waals surface area contributed by atoms with Crippen molar-refractivity contribution in [2.45, 2.75) is 26.1 Å². The summed E-state index contributed by atoms with van der Waals surface area (Å²) in [5, 5.41) is 0. The van der Waals surface area contributed by atoms with Crippen LogP contribution in [0, 0.1) is 5.51 Å². The predicted octanol–water partition coefficient (Wildman–Crippen LogP) is 2.34. The molecule has 2 unspecified atom stereocenters. The number of hydrogen-bond donors (Lipinski definition) is 0. The van der Waals surface area contributed by atoms with Crippen molar-refractivity contribution in [2.75, 3.05) is 13.1 Å². The average molecular weight is 330 g/mol. The first-order valence-electron chi connectivity index (χ1n) is 6.35. The van der Waals surface area contributed by atoms with Crippen molar-refractivity contribution in [1.82, 2.24) is 9.88 Å². The van der Waals surface area contributed by atoms with Crippen LogP contribution in [0.2, 0.25) is 0 Å². The minimum Gasteiger partial charge on any atom is -0.386 e. The number of ether oxygens (including phenoxy) is 1. The van der Waals surface area contributed by atoms with Crippen LogP contribution in [-0.2, 0) is 21.8 Å². The number of hydrogen-bond acceptors (Lipinski definition) is 4. The Morgan fingerprint density at radius 1 is 1.40 bits per heavy atom. The fourth-order valence-electron chi connectivity index (χ4n) is 2.47. The molecule has 0 spiro atoms. The van der Waals surface area contributed by atoms with Gasteiger partial charge in [0.25, 0.3) is 5.91 Å². The fraction of sp³-hybridized carbons (Fsp3) is 0.429. The van der Waals surface area contributed by atoms with Crippen molar-refractivity contribution in [1.29, 1.82) is 0 Å². The number of amides is 1. The summed E-state index contributed by atoms with van der Waals surface area (Å²) < 4.78 is 6.71. The van der Waals surface area contributed by atoms with Crippen LogP contribution in [0.15, 0.2) is 18.2 Å². The summed E-state index contributed by atoms with van der Waals surface area (Å²) in [6, 6.07) is 5.64. The van der Waals surface area contributed by atoms with Gasteiger partial charge in [0.2, 0.25) is 0 Å². The molecular weight excluding hydrogens is 315 g/mol. The molecule has 0 saturated carbocycles. The Bertz CT molecular complexity index is 606. The molecule has 1 fully saturated rings. The van der Waals surface area contributed by atoms with Crippen molar-refractivity contribution < 1.29 is 26.6 Å². The van der Waals surface area contributed by atoms with E-state index in [1.807, 2.05) is 36.9 Å². The maximum Gasteiger partial charge on any atom is 0.252 e. The molecular formula is C14H15MnN2O2S-. The van der Waals surface area contributed by atoms with E-state index in [-0.39, 0.29) is 35.2 Å². The van der Waals surface area contributed by atoms with Crippen LogP contribution in [0.25, 0.3) is 10.2 Å². The zero-order chi connectivity index (χ0) is 13.4. The molecule has 0 N–H and O–H groups in total. The first kappa shape index (κ1) is 15.4. The van der Waals surface area contributed by atoms with Gasteiger partial charge in [0.1, 0.15) is 0 Å². The van der Waals surface area contributed by atoms with Crippen LogP contribution in [0.3, 0.4) is 0 Å². The van der Waals surface area contributed by atoms with Crippen LogP contribution in [0.1, 0.15) is 24.2 Å². The van der Waals surface area contributed by atoms with Crippen LogP contribution in [-0.4, -0.2) is 41.1 Å². The zero-order valence-corrected chi connectivity index (χ0v) is 13.3. The van der Waals surface area contributed by atoms with Gasteiger partial charge in [0, 0.05) is 35.7 Å². The molecule has 1 saturated heterocycles. The second-order valence-corrected chi connectivity index (χ2v) is 5.78. The van der Waals surface area contributed by atoms with Gasteiger partial charge in [0.05, 0.1) is 12.2 Å². The van der Waals surface area contributed by atoms with E-state index in [0.717, 1.165) is 10.2 Å². The molecule has 4 nitrogen and oxygen atoms in total. The van der Waals surface area contributed by atoms with Crippen LogP contribution in [0.5, 0.6) is 0 Å². The number of rotatable bonds is 1. The maximum absolute atomic E-state index is 12.5. The minimum absolute atomic E-state index is 0. The van der Waals surface area contributed by atoms with Crippen molar-refractivity contribution in [2.24, 2.45) is 0 Å². The molecule has 2 atom stereocenters. The van der Waals surface area contributed by atoms with Crippen molar-refractivity contribution in [3.05, 3.63) is 29.3 Å².